The summed E-state index contributed by atoms with van der Waals surface area (Å²) in [5.41, 5.74) is 2.50. The standard InChI is InChI=1S/C32H24ClFN2O4S2/c33-17-5-1-15(2-6-17)14-40-20-11-3-16(4-12-20)23-24-21-13-22(27(24)41-29-28(23)42-32(39)35-29)26-25(21)30(37)36(31(26)38)19-9-7-18(34)8-10-19/h1-12,21-27H,13-14H2,(H,35,39)/t21-,22-,23+,24+,25+,26+,27-/m1/s1. The molecule has 4 aliphatic rings. The minimum absolute atomic E-state index is 0.00980. The van der Waals surface area contributed by atoms with Gasteiger partial charge in [-0.05, 0) is 83.8 Å². The third-order valence-electron chi connectivity index (χ3n) is 9.37. The quantitative estimate of drug-likeness (QED) is 0.259. The molecule has 6 nitrogen and oxygen atoms in total. The first-order valence-electron chi connectivity index (χ1n) is 13.9. The lowest BCUT2D eigenvalue weighted by Gasteiger charge is -2.43. The fraction of sp³-hybridized carbons (Fsp3) is 0.281. The number of imide groups is 1. The van der Waals surface area contributed by atoms with Crippen LogP contribution in [0.5, 0.6) is 5.75 Å². The van der Waals surface area contributed by atoms with E-state index in [0.717, 1.165) is 33.2 Å². The molecule has 8 rings (SSSR count). The van der Waals surface area contributed by atoms with Crippen molar-refractivity contribution in [3.8, 4) is 5.75 Å². The van der Waals surface area contributed by atoms with Crippen LogP contribution in [-0.4, -0.2) is 22.0 Å². The van der Waals surface area contributed by atoms with Crippen LogP contribution in [0.25, 0.3) is 0 Å². The molecule has 2 aliphatic carbocycles. The van der Waals surface area contributed by atoms with Gasteiger partial charge < -0.3 is 9.72 Å². The van der Waals surface area contributed by atoms with Crippen LogP contribution < -0.4 is 14.5 Å². The Hall–Kier alpha value is -3.40. The van der Waals surface area contributed by atoms with E-state index in [1.165, 1.54) is 40.5 Å². The molecule has 7 atom stereocenters. The molecule has 0 spiro atoms. The van der Waals surface area contributed by atoms with E-state index in [2.05, 4.69) is 17.1 Å². The Morgan fingerprint density at radius 1 is 0.905 bits per heavy atom. The van der Waals surface area contributed by atoms with Gasteiger partial charge in [0.25, 0.3) is 0 Å². The highest BCUT2D eigenvalue weighted by Gasteiger charge is 2.69. The van der Waals surface area contributed by atoms with Crippen molar-refractivity contribution in [2.45, 2.75) is 29.2 Å². The Morgan fingerprint density at radius 3 is 2.31 bits per heavy atom. The number of carbonyl (C=O) groups is 2. The summed E-state index contributed by atoms with van der Waals surface area (Å²) >= 11 is 8.89. The van der Waals surface area contributed by atoms with Gasteiger partial charge in [0.2, 0.25) is 11.8 Å². The number of fused-ring (bicyclic) bond motifs is 9. The number of amides is 2. The number of benzene rings is 3. The van der Waals surface area contributed by atoms with E-state index in [-0.39, 0.29) is 45.6 Å². The van der Waals surface area contributed by atoms with Crippen LogP contribution in [-0.2, 0) is 16.2 Å². The third kappa shape index (κ3) is 4.01. The average molecular weight is 619 g/mol. The van der Waals surface area contributed by atoms with Gasteiger partial charge in [-0.15, -0.1) is 11.8 Å². The van der Waals surface area contributed by atoms with E-state index in [9.17, 15) is 18.8 Å². The summed E-state index contributed by atoms with van der Waals surface area (Å²) < 4.78 is 19.6. The zero-order valence-electron chi connectivity index (χ0n) is 22.0. The van der Waals surface area contributed by atoms with Crippen molar-refractivity contribution >= 4 is 52.2 Å². The van der Waals surface area contributed by atoms with Crippen LogP contribution in [0.2, 0.25) is 5.02 Å². The van der Waals surface area contributed by atoms with E-state index in [1.54, 1.807) is 11.8 Å². The van der Waals surface area contributed by atoms with Gasteiger partial charge >= 0.3 is 4.87 Å². The number of ether oxygens (including phenoxy) is 1. The molecular weight excluding hydrogens is 595 g/mol. The smallest absolute Gasteiger partial charge is 0.305 e. The molecule has 1 saturated heterocycles. The fourth-order valence-corrected chi connectivity index (χ4v) is 10.8. The second-order valence-electron chi connectivity index (χ2n) is 11.4. The Labute approximate surface area is 253 Å². The predicted octanol–water partition coefficient (Wildman–Crippen LogP) is 6.49. The molecule has 10 heteroatoms. The summed E-state index contributed by atoms with van der Waals surface area (Å²) in [6.07, 6.45) is 0.810. The lowest BCUT2D eigenvalue weighted by atomic mass is 9.68. The summed E-state index contributed by atoms with van der Waals surface area (Å²) in [6.45, 7) is 0.415. The Morgan fingerprint density at radius 2 is 1.60 bits per heavy atom. The molecule has 2 amide bonds. The Kier molecular flexibility index (Phi) is 6.14. The van der Waals surface area contributed by atoms with Crippen LogP contribution in [0, 0.1) is 35.4 Å². The van der Waals surface area contributed by atoms with Gasteiger partial charge in [0.15, 0.2) is 0 Å². The molecule has 2 aliphatic heterocycles. The molecule has 0 radical (unpaired) electrons. The average Bonchev–Trinajstić information content (AvgIpc) is 3.72. The van der Waals surface area contributed by atoms with Crippen molar-refractivity contribution in [3.63, 3.8) is 0 Å². The van der Waals surface area contributed by atoms with Gasteiger partial charge in [-0.3, -0.25) is 19.3 Å². The number of halogens is 2. The summed E-state index contributed by atoms with van der Waals surface area (Å²) in [4.78, 5) is 45.3. The zero-order chi connectivity index (χ0) is 28.7. The van der Waals surface area contributed by atoms with Crippen LogP contribution in [0.1, 0.15) is 28.3 Å². The number of hydrogen-bond donors (Lipinski definition) is 1. The molecule has 1 N–H and O–H groups in total. The second kappa shape index (κ2) is 9.82. The summed E-state index contributed by atoms with van der Waals surface area (Å²) in [5.74, 6) is -0.786. The van der Waals surface area contributed by atoms with Gasteiger partial charge in [0.1, 0.15) is 18.2 Å². The van der Waals surface area contributed by atoms with Crippen LogP contribution >= 0.6 is 34.7 Å². The Balaban J connectivity index is 1.11. The highest BCUT2D eigenvalue weighted by molar-refractivity contribution is 8.00. The summed E-state index contributed by atoms with van der Waals surface area (Å²) in [6, 6.07) is 21.1. The van der Waals surface area contributed by atoms with Gasteiger partial charge in [-0.25, -0.2) is 4.39 Å². The SMILES string of the molecule is O=C1[C@H]2[C@H]3C[C@@H]([C@@H]2C(=O)N1c1ccc(F)cc1)[C@H]1[C@H](c2ccc(OCc4ccc(Cl)cc4)cc2)c2sc(=O)[nH]c2S[C@H]31. The summed E-state index contributed by atoms with van der Waals surface area (Å²) in [5, 5.41) is 1.65. The number of hydrogen-bond acceptors (Lipinski definition) is 6. The molecule has 3 fully saturated rings. The van der Waals surface area contributed by atoms with Gasteiger partial charge in [0, 0.05) is 21.1 Å². The highest BCUT2D eigenvalue weighted by atomic mass is 35.5. The lowest BCUT2D eigenvalue weighted by molar-refractivity contribution is -0.123. The first kappa shape index (κ1) is 26.2. The predicted molar refractivity (Wildman–Crippen MR) is 160 cm³/mol. The number of aromatic nitrogens is 1. The van der Waals surface area contributed by atoms with Crippen molar-refractivity contribution in [1.29, 1.82) is 0 Å². The van der Waals surface area contributed by atoms with E-state index < -0.39 is 17.7 Å². The van der Waals surface area contributed by atoms with Gasteiger partial charge in [0.05, 0.1) is 22.5 Å². The first-order chi connectivity index (χ1) is 20.4. The topological polar surface area (TPSA) is 79.5 Å². The fourth-order valence-electron chi connectivity index (χ4n) is 7.75. The maximum atomic E-state index is 13.8. The number of aromatic amines is 1. The van der Waals surface area contributed by atoms with Crippen molar-refractivity contribution in [3.05, 3.63) is 109 Å². The van der Waals surface area contributed by atoms with E-state index in [1.807, 2.05) is 36.4 Å². The molecule has 2 bridgehead atoms. The molecule has 3 heterocycles. The molecule has 2 saturated carbocycles. The van der Waals surface area contributed by atoms with Crippen molar-refractivity contribution in [2.75, 3.05) is 4.90 Å². The van der Waals surface area contributed by atoms with E-state index >= 15 is 0 Å². The number of H-pyrrole nitrogens is 1. The monoisotopic (exact) mass is 618 g/mol. The normalized spacial score (nSPS) is 29.0. The Bertz CT molecular complexity index is 1770. The highest BCUT2D eigenvalue weighted by Crippen LogP contribution is 2.68. The second-order valence-corrected chi connectivity index (χ2v) is 14.1. The van der Waals surface area contributed by atoms with Crippen LogP contribution in [0.15, 0.2) is 82.6 Å². The number of thioether (sulfide) groups is 1. The molecule has 42 heavy (non-hydrogen) atoms. The molecule has 0 unspecified atom stereocenters. The van der Waals surface area contributed by atoms with Gasteiger partial charge in [-0.2, -0.15) is 0 Å². The number of anilines is 1. The molecule has 212 valence electrons. The van der Waals surface area contributed by atoms with E-state index in [0.29, 0.717) is 17.3 Å². The number of rotatable bonds is 5. The minimum Gasteiger partial charge on any atom is -0.489 e. The first-order valence-corrected chi connectivity index (χ1v) is 15.9. The van der Waals surface area contributed by atoms with Gasteiger partial charge in [-0.1, -0.05) is 47.2 Å². The number of carbonyl (C=O) groups excluding carboxylic acids is 2. The van der Waals surface area contributed by atoms with Crippen molar-refractivity contribution in [2.24, 2.45) is 29.6 Å². The maximum absolute atomic E-state index is 13.8. The third-order valence-corrected chi connectivity index (χ3v) is 12.2. The largest absolute Gasteiger partial charge is 0.489 e. The number of nitrogens with zero attached hydrogens (tertiary/aromatic N) is 1. The van der Waals surface area contributed by atoms with Crippen LogP contribution in [0.3, 0.4) is 0 Å². The zero-order valence-corrected chi connectivity index (χ0v) is 24.4. The van der Waals surface area contributed by atoms with Crippen molar-refractivity contribution in [1.82, 2.24) is 4.98 Å². The lowest BCUT2D eigenvalue weighted by Crippen LogP contribution is -2.42. The maximum Gasteiger partial charge on any atom is 0.305 e. The molecule has 4 aromatic rings. The van der Waals surface area contributed by atoms with Crippen LogP contribution in [0.4, 0.5) is 10.1 Å². The number of nitrogens with one attached hydrogen (secondary N) is 1. The van der Waals surface area contributed by atoms with E-state index in [4.69, 9.17) is 16.3 Å². The van der Waals surface area contributed by atoms with Crippen molar-refractivity contribution < 1.29 is 18.7 Å². The molecular formula is C32H24ClFN2O4S2. The molecule has 3 aromatic carbocycles. The number of thiazole rings is 1. The molecule has 1 aromatic heterocycles. The minimum atomic E-state index is -0.412. The summed E-state index contributed by atoms with van der Waals surface area (Å²) in [7, 11) is 0.